The number of carbonyl (C=O) groups is 1. The van der Waals surface area contributed by atoms with Crippen molar-refractivity contribution in [1.29, 1.82) is 0 Å². The molecule has 4 nitrogen and oxygen atoms in total. The Morgan fingerprint density at radius 3 is 2.82 bits per heavy atom. The van der Waals surface area contributed by atoms with Gasteiger partial charge in [0, 0.05) is 19.5 Å². The van der Waals surface area contributed by atoms with Crippen LogP contribution in [0.3, 0.4) is 0 Å². The molecule has 1 saturated heterocycles. The zero-order valence-electron chi connectivity index (χ0n) is 10.2. The fourth-order valence-electron chi connectivity index (χ4n) is 2.16. The number of benzene rings is 1. The smallest absolute Gasteiger partial charge is 0.242 e. The molecule has 0 unspecified atom stereocenters. The first-order chi connectivity index (χ1) is 8.24. The molecular weight excluding hydrogens is 214 g/mol. The van der Waals surface area contributed by atoms with Crippen molar-refractivity contribution in [3.63, 3.8) is 0 Å². The molecule has 0 bridgehead atoms. The van der Waals surface area contributed by atoms with Crippen LogP contribution in [0.5, 0.6) is 0 Å². The standard InChI is InChI=1S/C13H19N3O/c1-11-5-2-3-6-12(11)16-13(17)7-10-15(16)9-4-8-14/h2-3,5-6H,4,7-10,14H2,1H3. The summed E-state index contributed by atoms with van der Waals surface area (Å²) < 4.78 is 0. The molecule has 0 spiro atoms. The number of rotatable bonds is 4. The third-order valence-corrected chi connectivity index (χ3v) is 3.07. The first kappa shape index (κ1) is 12.1. The summed E-state index contributed by atoms with van der Waals surface area (Å²) in [6, 6.07) is 7.98. The molecule has 1 heterocycles. The first-order valence-corrected chi connectivity index (χ1v) is 6.07. The van der Waals surface area contributed by atoms with Crippen LogP contribution in [0.2, 0.25) is 0 Å². The molecule has 0 radical (unpaired) electrons. The minimum absolute atomic E-state index is 0.177. The van der Waals surface area contributed by atoms with E-state index in [2.05, 4.69) is 5.01 Å². The molecule has 2 rings (SSSR count). The van der Waals surface area contributed by atoms with Crippen molar-refractivity contribution in [2.75, 3.05) is 24.6 Å². The van der Waals surface area contributed by atoms with Gasteiger partial charge in [-0.1, -0.05) is 18.2 Å². The second-order valence-electron chi connectivity index (χ2n) is 4.34. The van der Waals surface area contributed by atoms with Crippen LogP contribution >= 0.6 is 0 Å². The highest BCUT2D eigenvalue weighted by Gasteiger charge is 2.30. The van der Waals surface area contributed by atoms with E-state index >= 15 is 0 Å². The molecule has 1 aromatic rings. The van der Waals surface area contributed by atoms with Crippen LogP contribution in [0, 0.1) is 6.92 Å². The van der Waals surface area contributed by atoms with Gasteiger partial charge in [-0.2, -0.15) is 0 Å². The third-order valence-electron chi connectivity index (χ3n) is 3.07. The summed E-state index contributed by atoms with van der Waals surface area (Å²) in [5, 5.41) is 3.91. The number of nitrogens with zero attached hydrogens (tertiary/aromatic N) is 2. The van der Waals surface area contributed by atoms with E-state index in [4.69, 9.17) is 5.73 Å². The highest BCUT2D eigenvalue weighted by atomic mass is 16.2. The van der Waals surface area contributed by atoms with E-state index in [0.717, 1.165) is 30.8 Å². The predicted octanol–water partition coefficient (Wildman–Crippen LogP) is 1.30. The van der Waals surface area contributed by atoms with Crippen LogP contribution in [0.1, 0.15) is 18.4 Å². The van der Waals surface area contributed by atoms with Gasteiger partial charge in [-0.15, -0.1) is 0 Å². The van der Waals surface area contributed by atoms with E-state index in [1.165, 1.54) is 0 Å². The second-order valence-corrected chi connectivity index (χ2v) is 4.34. The number of amides is 1. The molecule has 1 aliphatic rings. The van der Waals surface area contributed by atoms with Crippen LogP contribution in [0.4, 0.5) is 5.69 Å². The SMILES string of the molecule is Cc1ccccc1N1C(=O)CCN1CCCN. The van der Waals surface area contributed by atoms with Crippen LogP contribution in [-0.4, -0.2) is 30.6 Å². The number of para-hydroxylation sites is 1. The maximum Gasteiger partial charge on any atom is 0.242 e. The van der Waals surface area contributed by atoms with Crippen molar-refractivity contribution in [3.8, 4) is 0 Å². The molecule has 1 aliphatic heterocycles. The number of hydrogen-bond acceptors (Lipinski definition) is 3. The molecule has 0 atom stereocenters. The summed E-state index contributed by atoms with van der Waals surface area (Å²) in [7, 11) is 0. The van der Waals surface area contributed by atoms with Crippen LogP contribution in [0.15, 0.2) is 24.3 Å². The van der Waals surface area contributed by atoms with Gasteiger partial charge >= 0.3 is 0 Å². The monoisotopic (exact) mass is 233 g/mol. The van der Waals surface area contributed by atoms with E-state index in [1.54, 1.807) is 0 Å². The van der Waals surface area contributed by atoms with E-state index in [-0.39, 0.29) is 5.91 Å². The highest BCUT2D eigenvalue weighted by molar-refractivity contribution is 5.95. The van der Waals surface area contributed by atoms with Crippen molar-refractivity contribution in [2.45, 2.75) is 19.8 Å². The van der Waals surface area contributed by atoms with Gasteiger partial charge < -0.3 is 5.73 Å². The number of nitrogens with two attached hydrogens (primary N) is 1. The maximum atomic E-state index is 12.0. The van der Waals surface area contributed by atoms with E-state index < -0.39 is 0 Å². The number of anilines is 1. The molecule has 92 valence electrons. The Bertz CT molecular complexity index is 405. The Kier molecular flexibility index (Phi) is 3.76. The third kappa shape index (κ3) is 2.48. The Hall–Kier alpha value is -1.39. The van der Waals surface area contributed by atoms with E-state index in [0.29, 0.717) is 13.0 Å². The van der Waals surface area contributed by atoms with Gasteiger partial charge in [-0.25, -0.2) is 10.0 Å². The Labute approximate surface area is 102 Å². The Morgan fingerprint density at radius 2 is 2.12 bits per heavy atom. The van der Waals surface area contributed by atoms with Crippen molar-refractivity contribution in [2.24, 2.45) is 5.73 Å². The van der Waals surface area contributed by atoms with Gasteiger partial charge in [0.05, 0.1) is 5.69 Å². The minimum atomic E-state index is 0.177. The molecule has 0 aromatic heterocycles. The van der Waals surface area contributed by atoms with E-state index in [9.17, 15) is 4.79 Å². The largest absolute Gasteiger partial charge is 0.330 e. The number of hydrazine groups is 1. The molecule has 1 fully saturated rings. The van der Waals surface area contributed by atoms with Crippen LogP contribution in [0.25, 0.3) is 0 Å². The van der Waals surface area contributed by atoms with Gasteiger partial charge in [-0.3, -0.25) is 4.79 Å². The molecule has 0 aliphatic carbocycles. The topological polar surface area (TPSA) is 49.6 Å². The van der Waals surface area contributed by atoms with Crippen LogP contribution in [-0.2, 0) is 4.79 Å². The average Bonchev–Trinajstić information content (AvgIpc) is 2.69. The summed E-state index contributed by atoms with van der Waals surface area (Å²) in [6.45, 7) is 4.33. The average molecular weight is 233 g/mol. The van der Waals surface area contributed by atoms with Gasteiger partial charge in [-0.05, 0) is 31.5 Å². The fraction of sp³-hybridized carbons (Fsp3) is 0.462. The summed E-state index contributed by atoms with van der Waals surface area (Å²) in [5.74, 6) is 0.177. The molecule has 1 amide bonds. The van der Waals surface area contributed by atoms with Crippen LogP contribution < -0.4 is 10.7 Å². The quantitative estimate of drug-likeness (QED) is 0.852. The van der Waals surface area contributed by atoms with Crippen molar-refractivity contribution in [1.82, 2.24) is 5.01 Å². The normalized spacial score (nSPS) is 16.8. The summed E-state index contributed by atoms with van der Waals surface area (Å²) in [4.78, 5) is 12.0. The first-order valence-electron chi connectivity index (χ1n) is 6.07. The summed E-state index contributed by atoms with van der Waals surface area (Å²) >= 11 is 0. The van der Waals surface area contributed by atoms with Crippen molar-refractivity contribution >= 4 is 11.6 Å². The zero-order valence-corrected chi connectivity index (χ0v) is 10.2. The summed E-state index contributed by atoms with van der Waals surface area (Å²) in [5.41, 5.74) is 7.64. The molecule has 1 aromatic carbocycles. The Balaban J connectivity index is 2.22. The Morgan fingerprint density at radius 1 is 1.35 bits per heavy atom. The fourth-order valence-corrected chi connectivity index (χ4v) is 2.16. The molecule has 2 N–H and O–H groups in total. The lowest BCUT2D eigenvalue weighted by Gasteiger charge is -2.29. The van der Waals surface area contributed by atoms with Gasteiger partial charge in [0.1, 0.15) is 0 Å². The van der Waals surface area contributed by atoms with Gasteiger partial charge in [0.15, 0.2) is 0 Å². The number of carbonyl (C=O) groups excluding carboxylic acids is 1. The number of hydrogen-bond donors (Lipinski definition) is 1. The predicted molar refractivity (Wildman–Crippen MR) is 68.5 cm³/mol. The molecule has 0 saturated carbocycles. The lowest BCUT2D eigenvalue weighted by Crippen LogP contribution is -2.40. The zero-order chi connectivity index (χ0) is 12.3. The molecule has 17 heavy (non-hydrogen) atoms. The summed E-state index contributed by atoms with van der Waals surface area (Å²) in [6.07, 6.45) is 1.51. The second kappa shape index (κ2) is 5.29. The van der Waals surface area contributed by atoms with Crippen molar-refractivity contribution < 1.29 is 4.79 Å². The highest BCUT2D eigenvalue weighted by Crippen LogP contribution is 2.25. The molecular formula is C13H19N3O. The van der Waals surface area contributed by atoms with Gasteiger partial charge in [0.2, 0.25) is 5.91 Å². The minimum Gasteiger partial charge on any atom is -0.330 e. The van der Waals surface area contributed by atoms with Gasteiger partial charge in [0.25, 0.3) is 0 Å². The van der Waals surface area contributed by atoms with E-state index in [1.807, 2.05) is 36.2 Å². The maximum absolute atomic E-state index is 12.0. The van der Waals surface area contributed by atoms with Crippen molar-refractivity contribution in [3.05, 3.63) is 29.8 Å². The number of aryl methyl sites for hydroxylation is 1. The lowest BCUT2D eigenvalue weighted by atomic mass is 10.2. The lowest BCUT2D eigenvalue weighted by molar-refractivity contribution is -0.118. The molecule has 4 heteroatoms.